The van der Waals surface area contributed by atoms with Crippen LogP contribution < -0.4 is 4.90 Å². The zero-order valence-corrected chi connectivity index (χ0v) is 33.9. The average molecular weight is 796 g/mol. The fraction of sp³-hybridized carbons (Fsp3) is 0. The van der Waals surface area contributed by atoms with Gasteiger partial charge in [0.25, 0.3) is 0 Å². The summed E-state index contributed by atoms with van der Waals surface area (Å²) >= 11 is 1.88. The summed E-state index contributed by atoms with van der Waals surface area (Å²) in [5, 5.41) is 7.04. The maximum Gasteiger partial charge on any atom is 0.143 e. The molecule has 12 rings (SSSR count). The number of fused-ring (bicyclic) bond motifs is 8. The van der Waals surface area contributed by atoms with Crippen molar-refractivity contribution < 1.29 is 4.42 Å². The predicted octanol–water partition coefficient (Wildman–Crippen LogP) is 17.2. The number of anilines is 3. The molecule has 12 aromatic rings. The molecular weight excluding hydrogens is 759 g/mol. The van der Waals surface area contributed by atoms with Gasteiger partial charge in [0.1, 0.15) is 11.2 Å². The van der Waals surface area contributed by atoms with Crippen LogP contribution in [0.3, 0.4) is 0 Å². The minimum Gasteiger partial charge on any atom is -0.455 e. The molecule has 0 aliphatic heterocycles. The van der Waals surface area contributed by atoms with E-state index in [9.17, 15) is 0 Å². The second-order valence-electron chi connectivity index (χ2n) is 15.6. The molecule has 61 heavy (non-hydrogen) atoms. The van der Waals surface area contributed by atoms with Gasteiger partial charge >= 0.3 is 0 Å². The molecule has 0 spiro atoms. The molecule has 0 saturated carbocycles. The van der Waals surface area contributed by atoms with Gasteiger partial charge < -0.3 is 9.32 Å². The monoisotopic (exact) mass is 795 g/mol. The number of para-hydroxylation sites is 1. The molecule has 2 heterocycles. The molecule has 2 aromatic heterocycles. The van der Waals surface area contributed by atoms with Crippen molar-refractivity contribution in [3.63, 3.8) is 0 Å². The van der Waals surface area contributed by atoms with Crippen LogP contribution in [-0.2, 0) is 0 Å². The first-order valence-corrected chi connectivity index (χ1v) is 21.6. The van der Waals surface area contributed by atoms with E-state index in [1.54, 1.807) is 0 Å². The molecule has 10 aromatic carbocycles. The van der Waals surface area contributed by atoms with Crippen molar-refractivity contribution in [2.75, 3.05) is 4.90 Å². The first-order valence-electron chi connectivity index (χ1n) is 20.7. The summed E-state index contributed by atoms with van der Waals surface area (Å²) in [5.74, 6) is 0. The van der Waals surface area contributed by atoms with Gasteiger partial charge in [-0.1, -0.05) is 176 Å². The van der Waals surface area contributed by atoms with E-state index in [1.807, 2.05) is 11.3 Å². The predicted molar refractivity (Wildman–Crippen MR) is 261 cm³/mol. The van der Waals surface area contributed by atoms with Gasteiger partial charge in [0, 0.05) is 47.9 Å². The molecule has 0 aliphatic carbocycles. The largest absolute Gasteiger partial charge is 0.455 e. The topological polar surface area (TPSA) is 16.4 Å². The number of furan rings is 1. The van der Waals surface area contributed by atoms with Gasteiger partial charge in [-0.2, -0.15) is 0 Å². The Labute approximate surface area is 357 Å². The van der Waals surface area contributed by atoms with Crippen molar-refractivity contribution in [1.82, 2.24) is 0 Å². The van der Waals surface area contributed by atoms with E-state index in [2.05, 4.69) is 229 Å². The van der Waals surface area contributed by atoms with Gasteiger partial charge in [-0.3, -0.25) is 0 Å². The second kappa shape index (κ2) is 14.5. The summed E-state index contributed by atoms with van der Waals surface area (Å²) in [6, 6.07) is 80.9. The first-order chi connectivity index (χ1) is 30.3. The van der Waals surface area contributed by atoms with Crippen molar-refractivity contribution in [1.29, 1.82) is 0 Å². The summed E-state index contributed by atoms with van der Waals surface area (Å²) in [7, 11) is 0. The Hall–Kier alpha value is -7.72. The van der Waals surface area contributed by atoms with E-state index >= 15 is 0 Å². The fourth-order valence-electron chi connectivity index (χ4n) is 9.25. The fourth-order valence-corrected chi connectivity index (χ4v) is 10.5. The van der Waals surface area contributed by atoms with E-state index in [4.69, 9.17) is 4.42 Å². The Kier molecular flexibility index (Phi) is 8.39. The van der Waals surface area contributed by atoms with Gasteiger partial charge in [-0.25, -0.2) is 0 Å². The molecule has 0 saturated heterocycles. The van der Waals surface area contributed by atoms with Crippen molar-refractivity contribution in [3.05, 3.63) is 224 Å². The Morgan fingerprint density at radius 3 is 1.61 bits per heavy atom. The highest BCUT2D eigenvalue weighted by Gasteiger charge is 2.23. The number of hydrogen-bond acceptors (Lipinski definition) is 3. The average Bonchev–Trinajstić information content (AvgIpc) is 3.92. The van der Waals surface area contributed by atoms with E-state index in [-0.39, 0.29) is 0 Å². The first kappa shape index (κ1) is 35.2. The molecule has 0 aliphatic rings. The summed E-state index contributed by atoms with van der Waals surface area (Å²) < 4.78 is 9.48. The van der Waals surface area contributed by atoms with E-state index < -0.39 is 0 Å². The van der Waals surface area contributed by atoms with Crippen molar-refractivity contribution in [3.8, 4) is 44.5 Å². The molecular formula is C58H37NOS. The highest BCUT2D eigenvalue weighted by atomic mass is 32.1. The van der Waals surface area contributed by atoms with Crippen molar-refractivity contribution in [2.24, 2.45) is 0 Å². The molecule has 0 bridgehead atoms. The van der Waals surface area contributed by atoms with Crippen LogP contribution in [0.5, 0.6) is 0 Å². The molecule has 3 heteroatoms. The Morgan fingerprint density at radius 1 is 0.344 bits per heavy atom. The van der Waals surface area contributed by atoms with Gasteiger partial charge in [0.2, 0.25) is 0 Å². The third-order valence-electron chi connectivity index (χ3n) is 12.1. The zero-order chi connectivity index (χ0) is 40.3. The van der Waals surface area contributed by atoms with Gasteiger partial charge in [0.15, 0.2) is 0 Å². The Bertz CT molecular complexity index is 3550. The minimum absolute atomic E-state index is 0.861. The Balaban J connectivity index is 1.06. The number of thiophene rings is 1. The third-order valence-corrected chi connectivity index (χ3v) is 13.3. The molecule has 0 unspecified atom stereocenters. The molecule has 0 radical (unpaired) electrons. The number of nitrogens with zero attached hydrogens (tertiary/aromatic N) is 1. The summed E-state index contributed by atoms with van der Waals surface area (Å²) in [6.07, 6.45) is 0. The zero-order valence-electron chi connectivity index (χ0n) is 33.1. The maximum absolute atomic E-state index is 6.91. The second-order valence-corrected chi connectivity index (χ2v) is 16.6. The van der Waals surface area contributed by atoms with Crippen LogP contribution in [0.15, 0.2) is 229 Å². The van der Waals surface area contributed by atoms with E-state index in [1.165, 1.54) is 70.1 Å². The standard InChI is InChI=1S/C58H37NOS/c1-4-15-38(16-5-1)40-29-31-42(32-30-40)45-23-13-28-54-55(45)49-25-12-24-48(58(49)61-54)50-37-51-56-52(26-14-27-53(56)60-57(51)47-22-11-10-21-46(47)50)59(43-19-8-3-9-20-43)44-35-33-41(34-36-44)39-17-6-2-7-18-39/h1-37H. The summed E-state index contributed by atoms with van der Waals surface area (Å²) in [4.78, 5) is 2.36. The van der Waals surface area contributed by atoms with Crippen molar-refractivity contribution >= 4 is 81.3 Å². The van der Waals surface area contributed by atoms with E-state index in [0.29, 0.717) is 0 Å². The quantitative estimate of drug-likeness (QED) is 0.160. The van der Waals surface area contributed by atoms with Gasteiger partial charge in [-0.15, -0.1) is 11.3 Å². The lowest BCUT2D eigenvalue weighted by Gasteiger charge is -2.26. The smallest absolute Gasteiger partial charge is 0.143 e. The highest BCUT2D eigenvalue weighted by Crippen LogP contribution is 2.49. The van der Waals surface area contributed by atoms with Crippen LogP contribution in [0.4, 0.5) is 17.1 Å². The van der Waals surface area contributed by atoms with Crippen LogP contribution in [0.1, 0.15) is 0 Å². The third kappa shape index (κ3) is 5.93. The van der Waals surface area contributed by atoms with Crippen LogP contribution in [0.25, 0.3) is 97.4 Å². The lowest BCUT2D eigenvalue weighted by atomic mass is 9.93. The number of benzene rings is 10. The van der Waals surface area contributed by atoms with E-state index in [0.717, 1.165) is 44.4 Å². The Morgan fingerprint density at radius 2 is 0.885 bits per heavy atom. The van der Waals surface area contributed by atoms with Crippen molar-refractivity contribution in [2.45, 2.75) is 0 Å². The highest BCUT2D eigenvalue weighted by molar-refractivity contribution is 7.26. The number of rotatable bonds is 7. The summed E-state index contributed by atoms with van der Waals surface area (Å²) in [6.45, 7) is 0. The minimum atomic E-state index is 0.861. The lowest BCUT2D eigenvalue weighted by Crippen LogP contribution is -2.10. The van der Waals surface area contributed by atoms with Crippen LogP contribution >= 0.6 is 11.3 Å². The molecule has 2 nitrogen and oxygen atoms in total. The molecule has 0 atom stereocenters. The van der Waals surface area contributed by atoms with Gasteiger partial charge in [0.05, 0.1) is 11.1 Å². The maximum atomic E-state index is 6.91. The van der Waals surface area contributed by atoms with Crippen LogP contribution in [-0.4, -0.2) is 0 Å². The lowest BCUT2D eigenvalue weighted by molar-refractivity contribution is 0.672. The molecule has 0 fully saturated rings. The molecule has 286 valence electrons. The normalized spacial score (nSPS) is 11.6. The molecule has 0 amide bonds. The number of hydrogen-bond donors (Lipinski definition) is 0. The molecule has 0 N–H and O–H groups in total. The SMILES string of the molecule is c1ccc(-c2ccc(-c3cccc4sc5c(-c6cc7c(oc8cccc(N(c9ccccc9)c9ccc(-c%10ccccc%10)cc9)c87)c7ccccc67)cccc5c34)cc2)cc1. The van der Waals surface area contributed by atoms with Crippen LogP contribution in [0.2, 0.25) is 0 Å². The van der Waals surface area contributed by atoms with Crippen LogP contribution in [0, 0.1) is 0 Å². The summed E-state index contributed by atoms with van der Waals surface area (Å²) in [5.41, 5.74) is 14.7. The van der Waals surface area contributed by atoms with Gasteiger partial charge in [-0.05, 0) is 92.9 Å².